The second-order valence-corrected chi connectivity index (χ2v) is 6.86. The Morgan fingerprint density at radius 2 is 1.89 bits per heavy atom. The summed E-state index contributed by atoms with van der Waals surface area (Å²) in [6.45, 7) is 6.25. The lowest BCUT2D eigenvalue weighted by Gasteiger charge is -2.24. The maximum Gasteiger partial charge on any atom is 0.251 e. The first-order valence-corrected chi connectivity index (χ1v) is 9.01. The molecule has 6 nitrogen and oxygen atoms in total. The van der Waals surface area contributed by atoms with Gasteiger partial charge in [-0.15, -0.1) is 0 Å². The minimum Gasteiger partial charge on any atom is -0.395 e. The normalized spacial score (nSPS) is 11.0. The van der Waals surface area contributed by atoms with Crippen molar-refractivity contribution >= 4 is 28.3 Å². The van der Waals surface area contributed by atoms with Crippen LogP contribution in [-0.2, 0) is 7.05 Å². The first kappa shape index (κ1) is 18.9. The van der Waals surface area contributed by atoms with Gasteiger partial charge in [0.2, 0.25) is 0 Å². The number of nitrogens with one attached hydrogen (secondary N) is 1. The number of carbonyl (C=O) groups is 1. The van der Waals surface area contributed by atoms with E-state index < -0.39 is 0 Å². The lowest BCUT2D eigenvalue weighted by Crippen LogP contribution is -2.26. The van der Waals surface area contributed by atoms with Gasteiger partial charge in [0.05, 0.1) is 17.8 Å². The summed E-state index contributed by atoms with van der Waals surface area (Å²) in [6.07, 6.45) is 0. The Hall–Kier alpha value is -2.86. The zero-order chi connectivity index (χ0) is 19.7. The van der Waals surface area contributed by atoms with Gasteiger partial charge in [0, 0.05) is 31.9 Å². The van der Waals surface area contributed by atoms with Gasteiger partial charge in [0.25, 0.3) is 5.91 Å². The zero-order valence-corrected chi connectivity index (χ0v) is 16.5. The molecule has 142 valence electrons. The van der Waals surface area contributed by atoms with Crippen molar-refractivity contribution in [2.24, 2.45) is 7.05 Å². The van der Waals surface area contributed by atoms with Crippen LogP contribution >= 0.6 is 0 Å². The molecule has 0 atom stereocenters. The lowest BCUT2D eigenvalue weighted by molar-refractivity contribution is 0.0945. The number of amides is 1. The highest BCUT2D eigenvalue weighted by Gasteiger charge is 2.19. The molecule has 0 radical (unpaired) electrons. The van der Waals surface area contributed by atoms with Crippen molar-refractivity contribution in [1.29, 1.82) is 0 Å². The minimum atomic E-state index is -0.207. The van der Waals surface area contributed by atoms with E-state index >= 15 is 0 Å². The van der Waals surface area contributed by atoms with Gasteiger partial charge in [-0.1, -0.05) is 18.2 Å². The van der Waals surface area contributed by atoms with Crippen molar-refractivity contribution in [2.75, 3.05) is 25.1 Å². The van der Waals surface area contributed by atoms with E-state index in [9.17, 15) is 4.79 Å². The van der Waals surface area contributed by atoms with Crippen LogP contribution in [-0.4, -0.2) is 40.8 Å². The third-order valence-corrected chi connectivity index (χ3v) is 4.99. The summed E-state index contributed by atoms with van der Waals surface area (Å²) in [5.74, 6) is 0.676. The number of anilines is 2. The Labute approximate surface area is 159 Å². The van der Waals surface area contributed by atoms with E-state index in [4.69, 9.17) is 10.1 Å². The Morgan fingerprint density at radius 3 is 2.52 bits per heavy atom. The molecular formula is C21H26N4O2. The number of para-hydroxylation sites is 1. The van der Waals surface area contributed by atoms with E-state index in [0.717, 1.165) is 39.4 Å². The van der Waals surface area contributed by atoms with Gasteiger partial charge in [-0.05, 0) is 44.0 Å². The first-order valence-electron chi connectivity index (χ1n) is 9.01. The fourth-order valence-corrected chi connectivity index (χ4v) is 3.50. The number of hydrogen-bond acceptors (Lipinski definition) is 4. The van der Waals surface area contributed by atoms with Crippen molar-refractivity contribution in [1.82, 2.24) is 14.9 Å². The summed E-state index contributed by atoms with van der Waals surface area (Å²) < 4.78 is 1.99. The van der Waals surface area contributed by atoms with Crippen LogP contribution in [0, 0.1) is 20.8 Å². The van der Waals surface area contributed by atoms with E-state index in [2.05, 4.69) is 36.2 Å². The van der Waals surface area contributed by atoms with Gasteiger partial charge in [-0.25, -0.2) is 4.98 Å². The summed E-state index contributed by atoms with van der Waals surface area (Å²) in [6, 6.07) is 9.92. The largest absolute Gasteiger partial charge is 0.395 e. The van der Waals surface area contributed by atoms with Crippen LogP contribution in [0.15, 0.2) is 30.3 Å². The number of aryl methyl sites for hydroxylation is 4. The number of aliphatic hydroxyl groups excluding tert-OH is 1. The Kier molecular flexibility index (Phi) is 5.19. The van der Waals surface area contributed by atoms with Gasteiger partial charge in [0.15, 0.2) is 0 Å². The maximum absolute atomic E-state index is 12.5. The smallest absolute Gasteiger partial charge is 0.251 e. The number of benzene rings is 2. The molecule has 0 aliphatic carbocycles. The number of aromatic nitrogens is 2. The fraction of sp³-hybridized carbons (Fsp3) is 0.333. The van der Waals surface area contributed by atoms with Gasteiger partial charge in [-0.2, -0.15) is 0 Å². The molecule has 2 N–H and O–H groups in total. The zero-order valence-electron chi connectivity index (χ0n) is 16.5. The summed E-state index contributed by atoms with van der Waals surface area (Å²) >= 11 is 0. The molecule has 2 aromatic carbocycles. The van der Waals surface area contributed by atoms with E-state index in [0.29, 0.717) is 5.56 Å². The minimum absolute atomic E-state index is 0.0893. The summed E-state index contributed by atoms with van der Waals surface area (Å²) in [7, 11) is 3.95. The molecule has 1 amide bonds. The molecule has 1 heterocycles. The van der Waals surface area contributed by atoms with Crippen molar-refractivity contribution < 1.29 is 9.90 Å². The highest BCUT2D eigenvalue weighted by Crippen LogP contribution is 2.35. The highest BCUT2D eigenvalue weighted by atomic mass is 16.3. The topological polar surface area (TPSA) is 70.4 Å². The highest BCUT2D eigenvalue weighted by molar-refractivity contribution is 6.02. The van der Waals surface area contributed by atoms with Crippen molar-refractivity contribution in [2.45, 2.75) is 20.8 Å². The van der Waals surface area contributed by atoms with Gasteiger partial charge >= 0.3 is 0 Å². The van der Waals surface area contributed by atoms with E-state index in [1.165, 1.54) is 0 Å². The van der Waals surface area contributed by atoms with Crippen LogP contribution < -0.4 is 10.2 Å². The van der Waals surface area contributed by atoms with Gasteiger partial charge in [-0.3, -0.25) is 4.79 Å². The SMILES string of the molecule is Cc1cccc(C)c1N(C)c1cc(C(=O)NCCO)cc2c1nc(C)n2C. The number of imidazole rings is 1. The van der Waals surface area contributed by atoms with Crippen LogP contribution in [0.1, 0.15) is 27.3 Å². The van der Waals surface area contributed by atoms with Crippen LogP contribution in [0.5, 0.6) is 0 Å². The van der Waals surface area contributed by atoms with Crippen molar-refractivity contribution in [3.8, 4) is 0 Å². The monoisotopic (exact) mass is 366 g/mol. The quantitative estimate of drug-likeness (QED) is 0.728. The lowest BCUT2D eigenvalue weighted by atomic mass is 10.1. The van der Waals surface area contributed by atoms with E-state index in [-0.39, 0.29) is 19.1 Å². The van der Waals surface area contributed by atoms with E-state index in [1.54, 1.807) is 0 Å². The standard InChI is InChI=1S/C21H26N4O2/c1-13-7-6-8-14(2)20(13)25(5)18-12-16(21(27)22-9-10-26)11-17-19(18)23-15(3)24(17)4/h6-8,11-12,26H,9-10H2,1-5H3,(H,22,27). The van der Waals surface area contributed by atoms with E-state index in [1.807, 2.05) is 43.8 Å². The number of carbonyl (C=O) groups excluding carboxylic acids is 1. The number of hydrogen-bond donors (Lipinski definition) is 2. The van der Waals surface area contributed by atoms with Crippen LogP contribution in [0.2, 0.25) is 0 Å². The Morgan fingerprint density at radius 1 is 1.22 bits per heavy atom. The molecule has 0 saturated carbocycles. The molecule has 6 heteroatoms. The summed E-state index contributed by atoms with van der Waals surface area (Å²) in [5, 5.41) is 11.7. The molecular weight excluding hydrogens is 340 g/mol. The average molecular weight is 366 g/mol. The Bertz CT molecular complexity index is 987. The molecule has 0 fully saturated rings. The molecule has 0 aliphatic rings. The fourth-order valence-electron chi connectivity index (χ4n) is 3.50. The molecule has 0 aliphatic heterocycles. The van der Waals surface area contributed by atoms with Crippen molar-refractivity contribution in [3.05, 3.63) is 52.8 Å². The average Bonchev–Trinajstić information content (AvgIpc) is 2.93. The van der Waals surface area contributed by atoms with Crippen LogP contribution in [0.3, 0.4) is 0 Å². The Balaban J connectivity index is 2.21. The molecule has 0 saturated heterocycles. The molecule has 3 rings (SSSR count). The maximum atomic E-state index is 12.5. The molecule has 27 heavy (non-hydrogen) atoms. The second kappa shape index (κ2) is 7.40. The number of rotatable bonds is 5. The van der Waals surface area contributed by atoms with Gasteiger partial charge < -0.3 is 19.9 Å². The molecule has 0 bridgehead atoms. The van der Waals surface area contributed by atoms with Crippen molar-refractivity contribution in [3.63, 3.8) is 0 Å². The molecule has 1 aromatic heterocycles. The predicted molar refractivity (Wildman–Crippen MR) is 109 cm³/mol. The number of fused-ring (bicyclic) bond motifs is 1. The predicted octanol–water partition coefficient (Wildman–Crippen LogP) is 2.99. The van der Waals surface area contributed by atoms with Crippen LogP contribution in [0.25, 0.3) is 11.0 Å². The third-order valence-electron chi connectivity index (χ3n) is 4.99. The molecule has 0 unspecified atom stereocenters. The first-order chi connectivity index (χ1) is 12.8. The molecule has 0 spiro atoms. The third kappa shape index (κ3) is 3.40. The second-order valence-electron chi connectivity index (χ2n) is 6.86. The summed E-state index contributed by atoms with van der Waals surface area (Å²) in [4.78, 5) is 19.4. The van der Waals surface area contributed by atoms with Crippen LogP contribution in [0.4, 0.5) is 11.4 Å². The summed E-state index contributed by atoms with van der Waals surface area (Å²) in [5.41, 5.74) is 6.61. The number of aliphatic hydroxyl groups is 1. The molecule has 3 aromatic rings. The van der Waals surface area contributed by atoms with Gasteiger partial charge in [0.1, 0.15) is 11.3 Å². The number of nitrogens with zero attached hydrogens (tertiary/aromatic N) is 3.